The first-order valence-corrected chi connectivity index (χ1v) is 7.88. The lowest BCUT2D eigenvalue weighted by molar-refractivity contribution is -0.383. The van der Waals surface area contributed by atoms with Gasteiger partial charge in [0.15, 0.2) is 0 Å². The van der Waals surface area contributed by atoms with E-state index >= 15 is 0 Å². The topological polar surface area (TPSA) is 113 Å². The number of nitrogens with zero attached hydrogens (tertiary/aromatic N) is 1. The van der Waals surface area contributed by atoms with E-state index in [0.29, 0.717) is 24.3 Å². The van der Waals surface area contributed by atoms with Crippen LogP contribution in [0.1, 0.15) is 6.42 Å². The summed E-state index contributed by atoms with van der Waals surface area (Å²) in [5, 5.41) is 16.8. The monoisotopic (exact) mass is 302 g/mol. The van der Waals surface area contributed by atoms with E-state index < -0.39 is 14.9 Å². The van der Waals surface area contributed by atoms with Crippen molar-refractivity contribution >= 4 is 27.1 Å². The number of nitrogens with one attached hydrogen (secondary N) is 3. The molecule has 1 aromatic carbocycles. The summed E-state index contributed by atoms with van der Waals surface area (Å²) < 4.78 is 24.1. The smallest absolute Gasteiger partial charge is 0.315 e. The molecule has 0 radical (unpaired) electrons. The maximum atomic E-state index is 11.1. The molecule has 3 N–H and O–H groups in total. The van der Waals surface area contributed by atoms with Crippen molar-refractivity contribution in [1.29, 1.82) is 0 Å². The fraction of sp³-hybridized carbons (Fsp3) is 0.455. The minimum Gasteiger partial charge on any atom is -0.382 e. The molecule has 8 nitrogen and oxygen atoms in total. The van der Waals surface area contributed by atoms with Gasteiger partial charge in [0.2, 0.25) is 10.0 Å². The predicted molar refractivity (Wildman–Crippen MR) is 78.6 cm³/mol. The first-order valence-electron chi connectivity index (χ1n) is 5.99. The van der Waals surface area contributed by atoms with E-state index in [1.165, 1.54) is 0 Å². The molecule has 1 rings (SSSR count). The summed E-state index contributed by atoms with van der Waals surface area (Å²) >= 11 is 0. The first-order chi connectivity index (χ1) is 9.35. The number of anilines is 2. The van der Waals surface area contributed by atoms with Gasteiger partial charge in [-0.15, -0.1) is 0 Å². The Kier molecular flexibility index (Phi) is 5.71. The molecule has 0 spiro atoms. The van der Waals surface area contributed by atoms with Crippen LogP contribution in [0.15, 0.2) is 18.2 Å². The number of sulfonamides is 1. The second-order valence-electron chi connectivity index (χ2n) is 4.16. The fourth-order valence-corrected chi connectivity index (χ4v) is 2.17. The van der Waals surface area contributed by atoms with Crippen molar-refractivity contribution in [3.05, 3.63) is 28.3 Å². The normalized spacial score (nSPS) is 11.1. The summed E-state index contributed by atoms with van der Waals surface area (Å²) in [7, 11) is -1.58. The number of para-hydroxylation sites is 1. The Morgan fingerprint density at radius 3 is 2.45 bits per heavy atom. The summed E-state index contributed by atoms with van der Waals surface area (Å²) in [5.74, 6) is 0. The van der Waals surface area contributed by atoms with Crippen molar-refractivity contribution in [3.63, 3.8) is 0 Å². The molecule has 0 aliphatic carbocycles. The molecule has 0 fully saturated rings. The van der Waals surface area contributed by atoms with Gasteiger partial charge in [-0.1, -0.05) is 6.07 Å². The van der Waals surface area contributed by atoms with Gasteiger partial charge in [-0.2, -0.15) is 0 Å². The van der Waals surface area contributed by atoms with Crippen molar-refractivity contribution < 1.29 is 13.3 Å². The van der Waals surface area contributed by atoms with Gasteiger partial charge in [0.05, 0.1) is 11.2 Å². The number of hydrogen-bond donors (Lipinski definition) is 3. The van der Waals surface area contributed by atoms with Crippen LogP contribution in [0.25, 0.3) is 0 Å². The molecular formula is C11H18N4O4S. The number of nitro groups is 1. The van der Waals surface area contributed by atoms with Gasteiger partial charge < -0.3 is 10.6 Å². The van der Waals surface area contributed by atoms with Crippen LogP contribution in [0.2, 0.25) is 0 Å². The standard InChI is InChI=1S/C11H18N4O4S/c1-12-9-5-3-6-10(11(9)15(16)17)13-7-4-8-14-20(2,18)19/h3,5-6,12-14H,4,7-8H2,1-2H3. The van der Waals surface area contributed by atoms with Gasteiger partial charge in [-0.3, -0.25) is 10.1 Å². The molecular weight excluding hydrogens is 284 g/mol. The molecule has 0 saturated carbocycles. The second kappa shape index (κ2) is 7.06. The highest BCUT2D eigenvalue weighted by atomic mass is 32.2. The van der Waals surface area contributed by atoms with E-state index in [0.717, 1.165) is 6.26 Å². The number of nitro benzene ring substituents is 1. The van der Waals surface area contributed by atoms with E-state index in [-0.39, 0.29) is 12.2 Å². The van der Waals surface area contributed by atoms with Crippen LogP contribution < -0.4 is 15.4 Å². The zero-order valence-electron chi connectivity index (χ0n) is 11.3. The zero-order valence-corrected chi connectivity index (χ0v) is 12.2. The molecule has 0 heterocycles. The molecule has 0 aliphatic heterocycles. The van der Waals surface area contributed by atoms with Crippen LogP contribution in [0.5, 0.6) is 0 Å². The van der Waals surface area contributed by atoms with Gasteiger partial charge in [-0.05, 0) is 18.6 Å². The van der Waals surface area contributed by atoms with E-state index in [1.54, 1.807) is 25.2 Å². The number of benzene rings is 1. The third-order valence-corrected chi connectivity index (χ3v) is 3.25. The second-order valence-corrected chi connectivity index (χ2v) is 5.99. The lowest BCUT2D eigenvalue weighted by Crippen LogP contribution is -2.24. The molecule has 0 aromatic heterocycles. The third-order valence-electron chi connectivity index (χ3n) is 2.52. The lowest BCUT2D eigenvalue weighted by Gasteiger charge is -2.10. The Morgan fingerprint density at radius 1 is 1.25 bits per heavy atom. The van der Waals surface area contributed by atoms with Gasteiger partial charge in [-0.25, -0.2) is 13.1 Å². The third kappa shape index (κ3) is 5.02. The number of hydrogen-bond acceptors (Lipinski definition) is 6. The van der Waals surface area contributed by atoms with Crippen LogP contribution in [0.3, 0.4) is 0 Å². The van der Waals surface area contributed by atoms with Crippen LogP contribution in [0, 0.1) is 10.1 Å². The average molecular weight is 302 g/mol. The largest absolute Gasteiger partial charge is 0.382 e. The van der Waals surface area contributed by atoms with Crippen molar-refractivity contribution in [2.24, 2.45) is 0 Å². The van der Waals surface area contributed by atoms with Crippen LogP contribution in [-0.2, 0) is 10.0 Å². The highest BCUT2D eigenvalue weighted by Crippen LogP contribution is 2.32. The summed E-state index contributed by atoms with van der Waals surface area (Å²) in [6.07, 6.45) is 1.61. The fourth-order valence-electron chi connectivity index (χ4n) is 1.65. The molecule has 112 valence electrons. The van der Waals surface area contributed by atoms with Gasteiger partial charge in [0.25, 0.3) is 0 Å². The molecule has 20 heavy (non-hydrogen) atoms. The zero-order chi connectivity index (χ0) is 15.2. The van der Waals surface area contributed by atoms with Crippen LogP contribution in [-0.4, -0.2) is 39.7 Å². The first kappa shape index (κ1) is 16.2. The van der Waals surface area contributed by atoms with E-state index in [4.69, 9.17) is 0 Å². The van der Waals surface area contributed by atoms with Crippen molar-refractivity contribution in [3.8, 4) is 0 Å². The highest BCUT2D eigenvalue weighted by molar-refractivity contribution is 7.88. The predicted octanol–water partition coefficient (Wildman–Crippen LogP) is 0.988. The molecule has 0 saturated heterocycles. The van der Waals surface area contributed by atoms with Crippen molar-refractivity contribution in [2.45, 2.75) is 6.42 Å². The van der Waals surface area contributed by atoms with Crippen LogP contribution in [0.4, 0.5) is 17.1 Å². The molecule has 0 aliphatic rings. The van der Waals surface area contributed by atoms with E-state index in [9.17, 15) is 18.5 Å². The number of rotatable bonds is 8. The Morgan fingerprint density at radius 2 is 1.90 bits per heavy atom. The van der Waals surface area contributed by atoms with Crippen molar-refractivity contribution in [1.82, 2.24) is 4.72 Å². The lowest BCUT2D eigenvalue weighted by atomic mass is 10.2. The van der Waals surface area contributed by atoms with E-state index in [1.807, 2.05) is 0 Å². The Bertz CT molecular complexity index is 574. The summed E-state index contributed by atoms with van der Waals surface area (Å²) in [6, 6.07) is 4.94. The summed E-state index contributed by atoms with van der Waals surface area (Å²) in [6.45, 7) is 0.710. The molecule has 0 atom stereocenters. The SMILES string of the molecule is CNc1cccc(NCCCNS(C)(=O)=O)c1[N+](=O)[O-]. The van der Waals surface area contributed by atoms with Crippen molar-refractivity contribution in [2.75, 3.05) is 37.0 Å². The highest BCUT2D eigenvalue weighted by Gasteiger charge is 2.18. The molecule has 0 bridgehead atoms. The Labute approximate surface area is 117 Å². The maximum absolute atomic E-state index is 11.1. The molecule has 9 heteroatoms. The van der Waals surface area contributed by atoms with Gasteiger partial charge >= 0.3 is 5.69 Å². The molecule has 1 aromatic rings. The Hall–Kier alpha value is -1.87. The minimum atomic E-state index is -3.20. The summed E-state index contributed by atoms with van der Waals surface area (Å²) in [5.41, 5.74) is 0.807. The molecule has 0 amide bonds. The van der Waals surface area contributed by atoms with Gasteiger partial charge in [0, 0.05) is 20.1 Å². The average Bonchev–Trinajstić information content (AvgIpc) is 2.36. The maximum Gasteiger partial charge on any atom is 0.315 e. The van der Waals surface area contributed by atoms with Crippen LogP contribution >= 0.6 is 0 Å². The quantitative estimate of drug-likeness (QED) is 0.375. The summed E-state index contributed by atoms with van der Waals surface area (Å²) in [4.78, 5) is 10.6. The minimum absolute atomic E-state index is 0.0222. The molecule has 0 unspecified atom stereocenters. The van der Waals surface area contributed by atoms with E-state index in [2.05, 4.69) is 15.4 Å². The Balaban J connectivity index is 2.62. The van der Waals surface area contributed by atoms with Gasteiger partial charge in [0.1, 0.15) is 11.4 Å².